The second-order valence-electron chi connectivity index (χ2n) is 6.48. The maximum Gasteiger partial charge on any atom is 0.278 e. The second-order valence-corrected chi connectivity index (χ2v) is 7.40. The molecule has 28 heavy (non-hydrogen) atoms. The Morgan fingerprint density at radius 3 is 2.89 bits per heavy atom. The third kappa shape index (κ3) is 3.14. The molecule has 0 N–H and O–H groups in total. The first-order valence-corrected chi connectivity index (χ1v) is 9.48. The van der Waals surface area contributed by atoms with Crippen molar-refractivity contribution in [2.45, 2.75) is 19.3 Å². The van der Waals surface area contributed by atoms with Crippen LogP contribution < -0.4 is 0 Å². The summed E-state index contributed by atoms with van der Waals surface area (Å²) in [6.45, 7) is 0.865. The molecule has 5 rings (SSSR count). The zero-order chi connectivity index (χ0) is 19.1. The zero-order valence-corrected chi connectivity index (χ0v) is 16.1. The van der Waals surface area contributed by atoms with Gasteiger partial charge in [-0.1, -0.05) is 45.4 Å². The molecule has 3 heterocycles. The van der Waals surface area contributed by atoms with Gasteiger partial charge in [-0.15, -0.1) is 0 Å². The summed E-state index contributed by atoms with van der Waals surface area (Å²) in [5.74, 6) is 0.563. The third-order valence-corrected chi connectivity index (χ3v) is 5.16. The minimum Gasteiger partial charge on any atom is -0.365 e. The standard InChI is InChI=1S/C20H14BrFN4O2/c21-14-5-1-4-13(7-14)19-24-20(28-25-19)18-16-10-27-17(9-26(16)11-23-18)12-3-2-6-15(22)8-12/h1-8,11,17H,9-10H2/t17-/m0/s1. The van der Waals surface area contributed by atoms with Crippen LogP contribution in [-0.4, -0.2) is 19.7 Å². The van der Waals surface area contributed by atoms with Crippen LogP contribution in [0.15, 0.2) is 63.9 Å². The Morgan fingerprint density at radius 2 is 2.04 bits per heavy atom. The smallest absolute Gasteiger partial charge is 0.278 e. The molecular formula is C20H14BrFN4O2. The van der Waals surface area contributed by atoms with E-state index in [2.05, 4.69) is 31.1 Å². The van der Waals surface area contributed by atoms with E-state index in [0.717, 1.165) is 21.3 Å². The van der Waals surface area contributed by atoms with Crippen molar-refractivity contribution in [1.29, 1.82) is 0 Å². The lowest BCUT2D eigenvalue weighted by Gasteiger charge is -2.25. The molecule has 0 bridgehead atoms. The van der Waals surface area contributed by atoms with Crippen molar-refractivity contribution in [2.24, 2.45) is 0 Å². The van der Waals surface area contributed by atoms with E-state index in [1.807, 2.05) is 34.9 Å². The monoisotopic (exact) mass is 440 g/mol. The molecule has 1 aliphatic heterocycles. The van der Waals surface area contributed by atoms with Crippen molar-refractivity contribution in [1.82, 2.24) is 19.7 Å². The van der Waals surface area contributed by atoms with Crippen LogP contribution in [0.5, 0.6) is 0 Å². The molecule has 2 aromatic carbocycles. The summed E-state index contributed by atoms with van der Waals surface area (Å²) in [5.41, 5.74) is 3.11. The first-order valence-electron chi connectivity index (χ1n) is 8.68. The molecular weight excluding hydrogens is 427 g/mol. The molecule has 1 aliphatic rings. The molecule has 0 amide bonds. The van der Waals surface area contributed by atoms with Gasteiger partial charge in [0.2, 0.25) is 5.82 Å². The summed E-state index contributed by atoms with van der Waals surface area (Å²) < 4.78 is 27.8. The fraction of sp³-hybridized carbons (Fsp3) is 0.150. The van der Waals surface area contributed by atoms with Crippen molar-refractivity contribution < 1.29 is 13.7 Å². The van der Waals surface area contributed by atoms with E-state index in [9.17, 15) is 4.39 Å². The zero-order valence-electron chi connectivity index (χ0n) is 14.5. The predicted octanol–water partition coefficient (Wildman–Crippen LogP) is 4.77. The summed E-state index contributed by atoms with van der Waals surface area (Å²) in [6.07, 6.45) is 1.49. The van der Waals surface area contributed by atoms with Crippen LogP contribution in [0.2, 0.25) is 0 Å². The number of halogens is 2. The van der Waals surface area contributed by atoms with Gasteiger partial charge in [-0.3, -0.25) is 0 Å². The molecule has 2 aromatic heterocycles. The van der Waals surface area contributed by atoms with Gasteiger partial charge in [0, 0.05) is 10.0 Å². The fourth-order valence-corrected chi connectivity index (χ4v) is 3.68. The van der Waals surface area contributed by atoms with E-state index in [1.165, 1.54) is 12.1 Å². The van der Waals surface area contributed by atoms with E-state index in [1.54, 1.807) is 12.4 Å². The normalized spacial score (nSPS) is 16.1. The minimum absolute atomic E-state index is 0.231. The van der Waals surface area contributed by atoms with Crippen molar-refractivity contribution in [3.05, 3.63) is 76.4 Å². The van der Waals surface area contributed by atoms with Gasteiger partial charge >= 0.3 is 0 Å². The maximum absolute atomic E-state index is 13.5. The summed E-state index contributed by atoms with van der Waals surface area (Å²) in [4.78, 5) is 8.92. The summed E-state index contributed by atoms with van der Waals surface area (Å²) in [7, 11) is 0. The summed E-state index contributed by atoms with van der Waals surface area (Å²) in [5, 5.41) is 4.07. The molecule has 140 valence electrons. The van der Waals surface area contributed by atoms with E-state index < -0.39 is 0 Å². The van der Waals surface area contributed by atoms with Crippen LogP contribution in [-0.2, 0) is 17.9 Å². The largest absolute Gasteiger partial charge is 0.365 e. The molecule has 6 nitrogen and oxygen atoms in total. The second kappa shape index (κ2) is 6.96. The molecule has 0 unspecified atom stereocenters. The van der Waals surface area contributed by atoms with E-state index >= 15 is 0 Å². The van der Waals surface area contributed by atoms with Crippen LogP contribution in [0.3, 0.4) is 0 Å². The van der Waals surface area contributed by atoms with E-state index in [0.29, 0.717) is 30.6 Å². The fourth-order valence-electron chi connectivity index (χ4n) is 3.28. The molecule has 0 saturated carbocycles. The molecule has 0 spiro atoms. The van der Waals surface area contributed by atoms with Gasteiger partial charge in [-0.2, -0.15) is 4.98 Å². The maximum atomic E-state index is 13.5. The highest BCUT2D eigenvalue weighted by molar-refractivity contribution is 9.10. The highest BCUT2D eigenvalue weighted by Crippen LogP contribution is 2.32. The third-order valence-electron chi connectivity index (χ3n) is 4.66. The van der Waals surface area contributed by atoms with E-state index in [-0.39, 0.29) is 11.9 Å². The average molecular weight is 441 g/mol. The lowest BCUT2D eigenvalue weighted by Crippen LogP contribution is -2.20. The topological polar surface area (TPSA) is 66.0 Å². The van der Waals surface area contributed by atoms with Gasteiger partial charge < -0.3 is 13.8 Å². The van der Waals surface area contributed by atoms with Crippen LogP contribution in [0.4, 0.5) is 4.39 Å². The number of hydrogen-bond acceptors (Lipinski definition) is 5. The van der Waals surface area contributed by atoms with Crippen LogP contribution >= 0.6 is 15.9 Å². The molecule has 1 atom stereocenters. The molecule has 0 aliphatic carbocycles. The number of aromatic nitrogens is 4. The quantitative estimate of drug-likeness (QED) is 0.458. The van der Waals surface area contributed by atoms with Crippen molar-refractivity contribution in [2.75, 3.05) is 0 Å². The number of hydrogen-bond donors (Lipinski definition) is 0. The Kier molecular flexibility index (Phi) is 4.29. The number of ether oxygens (including phenoxy) is 1. The van der Waals surface area contributed by atoms with Crippen LogP contribution in [0.1, 0.15) is 17.4 Å². The molecule has 0 saturated heterocycles. The average Bonchev–Trinajstić information content (AvgIpc) is 3.34. The first kappa shape index (κ1) is 17.3. The lowest BCUT2D eigenvalue weighted by molar-refractivity contribution is 0.00314. The minimum atomic E-state index is -0.274. The number of imidazole rings is 1. The van der Waals surface area contributed by atoms with Gasteiger partial charge in [0.25, 0.3) is 5.89 Å². The van der Waals surface area contributed by atoms with Crippen LogP contribution in [0, 0.1) is 5.82 Å². The Bertz CT molecular complexity index is 1160. The van der Waals surface area contributed by atoms with E-state index in [4.69, 9.17) is 9.26 Å². The summed E-state index contributed by atoms with van der Waals surface area (Å²) in [6, 6.07) is 14.1. The number of benzene rings is 2. The Balaban J connectivity index is 1.42. The SMILES string of the molecule is Fc1cccc([C@@H]2Cn3cnc(-c4nc(-c5cccc(Br)c5)no4)c3CO2)c1. The molecule has 0 fully saturated rings. The molecule has 0 radical (unpaired) electrons. The lowest BCUT2D eigenvalue weighted by atomic mass is 10.1. The van der Waals surface area contributed by atoms with Crippen molar-refractivity contribution in [3.8, 4) is 23.0 Å². The highest BCUT2D eigenvalue weighted by Gasteiger charge is 2.26. The van der Waals surface area contributed by atoms with Crippen molar-refractivity contribution >= 4 is 15.9 Å². The molecule has 8 heteroatoms. The number of rotatable bonds is 3. The summed E-state index contributed by atoms with van der Waals surface area (Å²) >= 11 is 3.44. The number of nitrogens with zero attached hydrogens (tertiary/aromatic N) is 4. The predicted molar refractivity (Wildman–Crippen MR) is 103 cm³/mol. The van der Waals surface area contributed by atoms with Crippen LogP contribution in [0.25, 0.3) is 23.0 Å². The van der Waals surface area contributed by atoms with Gasteiger partial charge in [0.1, 0.15) is 11.9 Å². The Hall–Kier alpha value is -2.84. The molecule has 4 aromatic rings. The van der Waals surface area contributed by atoms with Crippen molar-refractivity contribution in [3.63, 3.8) is 0 Å². The van der Waals surface area contributed by atoms with Gasteiger partial charge in [0.15, 0.2) is 5.69 Å². The van der Waals surface area contributed by atoms with Gasteiger partial charge in [0.05, 0.1) is 25.2 Å². The van der Waals surface area contributed by atoms with Gasteiger partial charge in [-0.05, 0) is 29.8 Å². The Labute approximate surface area is 168 Å². The highest BCUT2D eigenvalue weighted by atomic mass is 79.9. The first-order chi connectivity index (χ1) is 13.7. The number of fused-ring (bicyclic) bond motifs is 1. The van der Waals surface area contributed by atoms with Gasteiger partial charge in [-0.25, -0.2) is 9.37 Å². The Morgan fingerprint density at radius 1 is 1.14 bits per heavy atom.